The lowest BCUT2D eigenvalue weighted by Crippen LogP contribution is -2.49. The highest BCUT2D eigenvalue weighted by Gasteiger charge is 2.26. The van der Waals surface area contributed by atoms with E-state index in [0.29, 0.717) is 38.4 Å². The van der Waals surface area contributed by atoms with Gasteiger partial charge in [-0.1, -0.05) is 6.92 Å². The summed E-state index contributed by atoms with van der Waals surface area (Å²) in [6.45, 7) is 6.03. The third kappa shape index (κ3) is 3.57. The average Bonchev–Trinajstić information content (AvgIpc) is 3.02. The third-order valence-corrected chi connectivity index (χ3v) is 6.09. The van der Waals surface area contributed by atoms with Gasteiger partial charge in [-0.25, -0.2) is 23.1 Å². The van der Waals surface area contributed by atoms with Crippen LogP contribution in [-0.4, -0.2) is 64.4 Å². The fourth-order valence-corrected chi connectivity index (χ4v) is 4.25. The van der Waals surface area contributed by atoms with Gasteiger partial charge in [0, 0.05) is 38.4 Å². The van der Waals surface area contributed by atoms with Gasteiger partial charge < -0.3 is 4.90 Å². The van der Waals surface area contributed by atoms with Gasteiger partial charge in [-0.05, 0) is 19.4 Å². The number of nitrogens with zero attached hydrogens (tertiary/aromatic N) is 6. The van der Waals surface area contributed by atoms with Crippen LogP contribution in [0.4, 0.5) is 5.82 Å². The number of hydrogen-bond acceptors (Lipinski definition) is 6. The van der Waals surface area contributed by atoms with E-state index in [1.54, 1.807) is 8.99 Å². The van der Waals surface area contributed by atoms with Crippen LogP contribution in [0.5, 0.6) is 0 Å². The first-order chi connectivity index (χ1) is 11.5. The highest BCUT2D eigenvalue weighted by Crippen LogP contribution is 2.17. The molecular weight excluding hydrogens is 328 g/mol. The van der Waals surface area contributed by atoms with Crippen molar-refractivity contribution in [3.05, 3.63) is 30.4 Å². The van der Waals surface area contributed by atoms with Crippen molar-refractivity contribution in [2.45, 2.75) is 20.3 Å². The molecule has 1 aliphatic heterocycles. The number of rotatable bonds is 5. The molecule has 0 aliphatic carbocycles. The van der Waals surface area contributed by atoms with Gasteiger partial charge in [-0.15, -0.1) is 0 Å². The van der Waals surface area contributed by atoms with Gasteiger partial charge in [0.2, 0.25) is 10.0 Å². The number of aryl methyl sites for hydroxylation is 1. The van der Waals surface area contributed by atoms with Gasteiger partial charge in [-0.2, -0.15) is 9.40 Å². The Bertz CT molecular complexity index is 796. The predicted octanol–water partition coefficient (Wildman–Crippen LogP) is 0.833. The molecule has 1 aliphatic rings. The van der Waals surface area contributed by atoms with E-state index in [1.807, 2.05) is 32.2 Å². The van der Waals surface area contributed by atoms with Crippen LogP contribution in [0, 0.1) is 6.92 Å². The topological polar surface area (TPSA) is 84.2 Å². The Labute approximate surface area is 142 Å². The van der Waals surface area contributed by atoms with Crippen LogP contribution in [-0.2, 0) is 10.0 Å². The molecule has 9 heteroatoms. The molecule has 1 fully saturated rings. The molecule has 0 amide bonds. The smallest absolute Gasteiger partial charge is 0.214 e. The van der Waals surface area contributed by atoms with Crippen molar-refractivity contribution in [2.75, 3.05) is 36.8 Å². The summed E-state index contributed by atoms with van der Waals surface area (Å²) in [7, 11) is -3.13. The first-order valence-corrected chi connectivity index (χ1v) is 9.68. The van der Waals surface area contributed by atoms with E-state index in [4.69, 9.17) is 0 Å². The fourth-order valence-electron chi connectivity index (χ4n) is 2.76. The summed E-state index contributed by atoms with van der Waals surface area (Å²) in [6.07, 6.45) is 4.01. The fraction of sp³-hybridized carbons (Fsp3) is 0.533. The Morgan fingerprint density at radius 3 is 2.46 bits per heavy atom. The summed E-state index contributed by atoms with van der Waals surface area (Å²) in [5.41, 5.74) is 0.921. The Balaban J connectivity index is 1.71. The molecule has 2 aromatic rings. The molecule has 0 N–H and O–H groups in total. The van der Waals surface area contributed by atoms with Crippen LogP contribution in [0.25, 0.3) is 5.82 Å². The van der Waals surface area contributed by atoms with Crippen LogP contribution < -0.4 is 4.90 Å². The normalized spacial score (nSPS) is 16.5. The zero-order valence-electron chi connectivity index (χ0n) is 14.0. The Morgan fingerprint density at radius 1 is 1.12 bits per heavy atom. The van der Waals surface area contributed by atoms with Crippen molar-refractivity contribution in [3.63, 3.8) is 0 Å². The van der Waals surface area contributed by atoms with Gasteiger partial charge in [0.25, 0.3) is 0 Å². The standard InChI is InChI=1S/C15H22N6O2S/c1-3-10-24(22,23)20-8-6-19(7-9-20)14-11-15(17-12-16-14)21-5-4-13(2)18-21/h4-5,11-12H,3,6-10H2,1-2H3. The maximum absolute atomic E-state index is 12.1. The molecule has 2 aromatic heterocycles. The molecule has 8 nitrogen and oxygen atoms in total. The maximum Gasteiger partial charge on any atom is 0.214 e. The molecule has 24 heavy (non-hydrogen) atoms. The number of piperazine rings is 1. The molecule has 0 atom stereocenters. The molecular formula is C15H22N6O2S. The van der Waals surface area contributed by atoms with Gasteiger partial charge >= 0.3 is 0 Å². The molecule has 0 radical (unpaired) electrons. The molecule has 0 bridgehead atoms. The molecule has 0 unspecified atom stereocenters. The summed E-state index contributed by atoms with van der Waals surface area (Å²) >= 11 is 0. The lowest BCUT2D eigenvalue weighted by atomic mass is 10.3. The van der Waals surface area contributed by atoms with Crippen LogP contribution in [0.3, 0.4) is 0 Å². The number of hydrogen-bond donors (Lipinski definition) is 0. The van der Waals surface area contributed by atoms with Crippen LogP contribution in [0.1, 0.15) is 19.0 Å². The molecule has 1 saturated heterocycles. The number of anilines is 1. The molecule has 130 valence electrons. The monoisotopic (exact) mass is 350 g/mol. The van der Waals surface area contributed by atoms with E-state index in [2.05, 4.69) is 20.0 Å². The Hall–Kier alpha value is -2.00. The average molecular weight is 350 g/mol. The van der Waals surface area contributed by atoms with Gasteiger partial charge in [-0.3, -0.25) is 0 Å². The quantitative estimate of drug-likeness (QED) is 0.794. The summed E-state index contributed by atoms with van der Waals surface area (Å²) in [4.78, 5) is 10.7. The zero-order valence-corrected chi connectivity index (χ0v) is 14.8. The van der Waals surface area contributed by atoms with Crippen LogP contribution in [0.2, 0.25) is 0 Å². The molecule has 0 saturated carbocycles. The highest BCUT2D eigenvalue weighted by molar-refractivity contribution is 7.89. The largest absolute Gasteiger partial charge is 0.354 e. The second kappa shape index (κ2) is 6.86. The van der Waals surface area contributed by atoms with E-state index in [-0.39, 0.29) is 5.75 Å². The van der Waals surface area contributed by atoms with Crippen molar-refractivity contribution >= 4 is 15.8 Å². The van der Waals surface area contributed by atoms with Crippen molar-refractivity contribution in [1.29, 1.82) is 0 Å². The number of aromatic nitrogens is 4. The Kier molecular flexibility index (Phi) is 4.81. The zero-order chi connectivity index (χ0) is 17.2. The molecule has 3 heterocycles. The van der Waals surface area contributed by atoms with Crippen molar-refractivity contribution in [3.8, 4) is 5.82 Å². The lowest BCUT2D eigenvalue weighted by Gasteiger charge is -2.34. The van der Waals surface area contributed by atoms with Crippen molar-refractivity contribution in [2.24, 2.45) is 0 Å². The second-order valence-electron chi connectivity index (χ2n) is 5.84. The van der Waals surface area contributed by atoms with Crippen LogP contribution in [0.15, 0.2) is 24.7 Å². The van der Waals surface area contributed by atoms with E-state index in [9.17, 15) is 8.42 Å². The maximum atomic E-state index is 12.1. The van der Waals surface area contributed by atoms with E-state index in [1.165, 1.54) is 6.33 Å². The third-order valence-electron chi connectivity index (χ3n) is 4.01. The summed E-state index contributed by atoms with van der Waals surface area (Å²) in [5.74, 6) is 1.71. The minimum Gasteiger partial charge on any atom is -0.354 e. The molecule has 0 spiro atoms. The summed E-state index contributed by atoms with van der Waals surface area (Å²) in [5, 5.41) is 4.35. The van der Waals surface area contributed by atoms with Crippen molar-refractivity contribution < 1.29 is 8.42 Å². The van der Waals surface area contributed by atoms with Gasteiger partial charge in [0.05, 0.1) is 11.4 Å². The SMILES string of the molecule is CCCS(=O)(=O)N1CCN(c2cc(-n3ccc(C)n3)ncn2)CC1. The first-order valence-electron chi connectivity index (χ1n) is 8.07. The van der Waals surface area contributed by atoms with Crippen LogP contribution >= 0.6 is 0 Å². The Morgan fingerprint density at radius 2 is 1.83 bits per heavy atom. The number of sulfonamides is 1. The van der Waals surface area contributed by atoms with Crippen molar-refractivity contribution in [1.82, 2.24) is 24.1 Å². The first kappa shape index (κ1) is 16.8. The minimum absolute atomic E-state index is 0.212. The minimum atomic E-state index is -3.13. The van der Waals surface area contributed by atoms with E-state index < -0.39 is 10.0 Å². The second-order valence-corrected chi connectivity index (χ2v) is 7.93. The molecule has 3 rings (SSSR count). The molecule has 0 aromatic carbocycles. The van der Waals surface area contributed by atoms with E-state index >= 15 is 0 Å². The lowest BCUT2D eigenvalue weighted by molar-refractivity contribution is 0.383. The van der Waals surface area contributed by atoms with Gasteiger partial charge in [0.15, 0.2) is 5.82 Å². The summed E-state index contributed by atoms with van der Waals surface area (Å²) in [6, 6.07) is 3.79. The van der Waals surface area contributed by atoms with E-state index in [0.717, 1.165) is 11.5 Å². The summed E-state index contributed by atoms with van der Waals surface area (Å²) < 4.78 is 27.6. The van der Waals surface area contributed by atoms with Gasteiger partial charge in [0.1, 0.15) is 12.1 Å². The predicted molar refractivity (Wildman–Crippen MR) is 91.8 cm³/mol. The highest BCUT2D eigenvalue weighted by atomic mass is 32.2.